The van der Waals surface area contributed by atoms with E-state index < -0.39 is 13.0 Å². The van der Waals surface area contributed by atoms with E-state index in [9.17, 15) is 13.6 Å². The van der Waals surface area contributed by atoms with E-state index in [0.29, 0.717) is 18.9 Å². The summed E-state index contributed by atoms with van der Waals surface area (Å²) in [6.07, 6.45) is -2.53. The summed E-state index contributed by atoms with van der Waals surface area (Å²) in [4.78, 5) is 12.1. The van der Waals surface area contributed by atoms with Crippen molar-refractivity contribution in [1.29, 1.82) is 0 Å². The minimum absolute atomic E-state index is 0.212. The fourth-order valence-electron chi connectivity index (χ4n) is 2.46. The van der Waals surface area contributed by atoms with Crippen LogP contribution in [-0.4, -0.2) is 24.7 Å². The SMILES string of the molecule is CC(C)(C)OCc1cccc(CNC(=O)NCc2cccc(OCC(F)F)c2)c1. The number of halogens is 2. The van der Waals surface area contributed by atoms with Gasteiger partial charge in [0.15, 0.2) is 0 Å². The number of amides is 2. The second-order valence-electron chi connectivity index (χ2n) is 7.61. The Labute approximate surface area is 170 Å². The summed E-state index contributed by atoms with van der Waals surface area (Å²) in [7, 11) is 0. The summed E-state index contributed by atoms with van der Waals surface area (Å²) in [6.45, 7) is 6.50. The van der Waals surface area contributed by atoms with Crippen molar-refractivity contribution >= 4 is 6.03 Å². The Bertz CT molecular complexity index is 792. The molecule has 5 nitrogen and oxygen atoms in total. The fraction of sp³-hybridized carbons (Fsp3) is 0.409. The lowest BCUT2D eigenvalue weighted by Crippen LogP contribution is -2.34. The van der Waals surface area contributed by atoms with E-state index in [1.54, 1.807) is 24.3 Å². The highest BCUT2D eigenvalue weighted by Gasteiger charge is 2.10. The van der Waals surface area contributed by atoms with Crippen molar-refractivity contribution in [1.82, 2.24) is 10.6 Å². The molecule has 0 atom stereocenters. The van der Waals surface area contributed by atoms with Crippen molar-refractivity contribution in [3.63, 3.8) is 0 Å². The second-order valence-corrected chi connectivity index (χ2v) is 7.61. The summed E-state index contributed by atoms with van der Waals surface area (Å²) in [5, 5.41) is 5.54. The van der Waals surface area contributed by atoms with Gasteiger partial charge in [-0.05, 0) is 49.6 Å². The van der Waals surface area contributed by atoms with E-state index in [1.807, 2.05) is 45.0 Å². The van der Waals surface area contributed by atoms with Gasteiger partial charge in [-0.15, -0.1) is 0 Å². The second kappa shape index (κ2) is 10.8. The molecule has 0 spiro atoms. The molecule has 0 bridgehead atoms. The first-order valence-corrected chi connectivity index (χ1v) is 9.44. The largest absolute Gasteiger partial charge is 0.488 e. The maximum absolute atomic E-state index is 12.2. The molecule has 2 aromatic rings. The highest BCUT2D eigenvalue weighted by atomic mass is 19.3. The highest BCUT2D eigenvalue weighted by molar-refractivity contribution is 5.73. The van der Waals surface area contributed by atoms with Crippen LogP contribution in [0.5, 0.6) is 5.75 Å². The van der Waals surface area contributed by atoms with Crippen molar-refractivity contribution in [3.8, 4) is 5.75 Å². The van der Waals surface area contributed by atoms with Crippen LogP contribution >= 0.6 is 0 Å². The lowest BCUT2D eigenvalue weighted by Gasteiger charge is -2.19. The van der Waals surface area contributed by atoms with E-state index in [2.05, 4.69) is 10.6 Å². The summed E-state index contributed by atoms with van der Waals surface area (Å²) in [5.74, 6) is 0.347. The number of nitrogens with one attached hydrogen (secondary N) is 2. The van der Waals surface area contributed by atoms with Crippen LogP contribution in [-0.2, 0) is 24.4 Å². The van der Waals surface area contributed by atoms with Gasteiger partial charge in [-0.3, -0.25) is 0 Å². The van der Waals surface area contributed by atoms with Crippen LogP contribution in [0, 0.1) is 0 Å². The lowest BCUT2D eigenvalue weighted by atomic mass is 10.1. The van der Waals surface area contributed by atoms with Crippen LogP contribution in [0.2, 0.25) is 0 Å². The minimum atomic E-state index is -2.53. The fourth-order valence-corrected chi connectivity index (χ4v) is 2.46. The van der Waals surface area contributed by atoms with E-state index in [1.165, 1.54) is 0 Å². The third kappa shape index (κ3) is 9.38. The molecule has 2 N–H and O–H groups in total. The third-order valence-corrected chi connectivity index (χ3v) is 3.84. The Hall–Kier alpha value is -2.67. The molecule has 0 saturated heterocycles. The van der Waals surface area contributed by atoms with Gasteiger partial charge < -0.3 is 20.1 Å². The molecule has 2 aromatic carbocycles. The number of rotatable bonds is 9. The number of hydrogen-bond donors (Lipinski definition) is 2. The predicted molar refractivity (Wildman–Crippen MR) is 108 cm³/mol. The van der Waals surface area contributed by atoms with Gasteiger partial charge in [0.05, 0.1) is 12.2 Å². The first-order chi connectivity index (χ1) is 13.7. The van der Waals surface area contributed by atoms with Gasteiger partial charge in [0.25, 0.3) is 6.43 Å². The minimum Gasteiger partial charge on any atom is -0.488 e. The Morgan fingerprint density at radius 2 is 1.55 bits per heavy atom. The van der Waals surface area contributed by atoms with Gasteiger partial charge in [0.2, 0.25) is 0 Å². The maximum atomic E-state index is 12.2. The monoisotopic (exact) mass is 406 g/mol. The van der Waals surface area contributed by atoms with Gasteiger partial charge in [0.1, 0.15) is 12.4 Å². The zero-order valence-electron chi connectivity index (χ0n) is 17.0. The van der Waals surface area contributed by atoms with E-state index in [4.69, 9.17) is 9.47 Å². The number of carbonyl (C=O) groups excluding carboxylic acids is 1. The summed E-state index contributed by atoms with van der Waals surface area (Å²) >= 11 is 0. The van der Waals surface area contributed by atoms with Crippen molar-refractivity contribution in [2.75, 3.05) is 6.61 Å². The first kappa shape index (κ1) is 22.6. The summed E-state index contributed by atoms with van der Waals surface area (Å²) in [5.41, 5.74) is 2.56. The van der Waals surface area contributed by atoms with E-state index in [-0.39, 0.29) is 18.2 Å². The molecule has 0 radical (unpaired) electrons. The standard InChI is InChI=1S/C22H28F2N2O3/c1-22(2,3)29-14-18-8-4-6-16(10-18)12-25-21(27)26-13-17-7-5-9-19(11-17)28-15-20(23)24/h4-11,20H,12-15H2,1-3H3,(H2,25,26,27). The number of alkyl halides is 2. The lowest BCUT2D eigenvalue weighted by molar-refractivity contribution is -0.0149. The number of benzene rings is 2. The molecular formula is C22H28F2N2O3. The molecule has 0 heterocycles. The first-order valence-electron chi connectivity index (χ1n) is 9.44. The normalized spacial score (nSPS) is 11.4. The molecular weight excluding hydrogens is 378 g/mol. The van der Waals surface area contributed by atoms with Crippen LogP contribution in [0.25, 0.3) is 0 Å². The quantitative estimate of drug-likeness (QED) is 0.638. The third-order valence-electron chi connectivity index (χ3n) is 3.84. The van der Waals surface area contributed by atoms with Crippen LogP contribution in [0.3, 0.4) is 0 Å². The Kier molecular flexibility index (Phi) is 8.39. The summed E-state index contributed by atoms with van der Waals surface area (Å²) < 4.78 is 35.2. The van der Waals surface area contributed by atoms with Crippen LogP contribution < -0.4 is 15.4 Å². The zero-order chi connectivity index (χ0) is 21.3. The molecule has 0 aliphatic heterocycles. The number of urea groups is 1. The van der Waals surface area contributed by atoms with Crippen molar-refractivity contribution in [2.45, 2.75) is 52.5 Å². The maximum Gasteiger partial charge on any atom is 0.315 e. The van der Waals surface area contributed by atoms with E-state index >= 15 is 0 Å². The molecule has 0 aliphatic rings. The van der Waals surface area contributed by atoms with Crippen LogP contribution in [0.4, 0.5) is 13.6 Å². The molecule has 7 heteroatoms. The molecule has 158 valence electrons. The molecule has 0 aliphatic carbocycles. The smallest absolute Gasteiger partial charge is 0.315 e. The van der Waals surface area contributed by atoms with Crippen molar-refractivity contribution in [2.24, 2.45) is 0 Å². The Balaban J connectivity index is 1.78. The average molecular weight is 406 g/mol. The highest BCUT2D eigenvalue weighted by Crippen LogP contribution is 2.15. The van der Waals surface area contributed by atoms with Gasteiger partial charge in [-0.1, -0.05) is 36.4 Å². The van der Waals surface area contributed by atoms with Crippen LogP contribution in [0.15, 0.2) is 48.5 Å². The van der Waals surface area contributed by atoms with Crippen molar-refractivity contribution < 1.29 is 23.0 Å². The molecule has 0 unspecified atom stereocenters. The Morgan fingerprint density at radius 1 is 0.966 bits per heavy atom. The number of ether oxygens (including phenoxy) is 2. The van der Waals surface area contributed by atoms with Gasteiger partial charge in [-0.25, -0.2) is 13.6 Å². The van der Waals surface area contributed by atoms with E-state index in [0.717, 1.165) is 16.7 Å². The molecule has 29 heavy (non-hydrogen) atoms. The van der Waals surface area contributed by atoms with Gasteiger partial charge in [-0.2, -0.15) is 0 Å². The molecule has 0 aromatic heterocycles. The topological polar surface area (TPSA) is 59.6 Å². The molecule has 0 fully saturated rings. The predicted octanol–water partition coefficient (Wildman–Crippen LogP) is 4.65. The average Bonchev–Trinajstić information content (AvgIpc) is 2.68. The summed E-state index contributed by atoms with van der Waals surface area (Å²) in [6, 6.07) is 14.2. The van der Waals surface area contributed by atoms with Gasteiger partial charge >= 0.3 is 6.03 Å². The van der Waals surface area contributed by atoms with Gasteiger partial charge in [0, 0.05) is 13.1 Å². The molecule has 2 amide bonds. The zero-order valence-corrected chi connectivity index (χ0v) is 17.0. The number of carbonyl (C=O) groups is 1. The van der Waals surface area contributed by atoms with Crippen molar-refractivity contribution in [3.05, 3.63) is 65.2 Å². The molecule has 0 saturated carbocycles. The van der Waals surface area contributed by atoms with Crippen LogP contribution in [0.1, 0.15) is 37.5 Å². The number of hydrogen-bond acceptors (Lipinski definition) is 3. The molecule has 2 rings (SSSR count). The Morgan fingerprint density at radius 3 is 2.17 bits per heavy atom.